The molecule has 0 fully saturated rings. The highest BCUT2D eigenvalue weighted by atomic mass is 15.2. The smallest absolute Gasteiger partial charge is 0.238 e. The number of rotatable bonds is 5. The predicted molar refractivity (Wildman–Crippen MR) is 228 cm³/mol. The molecule has 2 aromatic heterocycles. The van der Waals surface area contributed by atoms with Crippen molar-refractivity contribution in [2.24, 2.45) is 0 Å². The van der Waals surface area contributed by atoms with Gasteiger partial charge in [-0.3, -0.25) is 4.57 Å². The van der Waals surface area contributed by atoms with Crippen LogP contribution < -0.4 is 0 Å². The lowest BCUT2D eigenvalue weighted by atomic mass is 9.93. The number of nitrogens with zero attached hydrogens (tertiary/aromatic N) is 4. The monoisotopic (exact) mass is 700 g/mol. The zero-order chi connectivity index (χ0) is 36.3. The van der Waals surface area contributed by atoms with Crippen LogP contribution in [-0.2, 0) is 0 Å². The van der Waals surface area contributed by atoms with Crippen LogP contribution >= 0.6 is 0 Å². The van der Waals surface area contributed by atoms with Crippen molar-refractivity contribution in [2.75, 3.05) is 0 Å². The lowest BCUT2D eigenvalue weighted by Crippen LogP contribution is -2.07. The fraction of sp³-hybridized carbons (Fsp3) is 0. The molecule has 55 heavy (non-hydrogen) atoms. The molecule has 0 aliphatic heterocycles. The second kappa shape index (κ2) is 12.6. The first kappa shape index (κ1) is 31.1. The number of hydrogen-bond acceptors (Lipinski definition) is 3. The number of hydrogen-bond donors (Lipinski definition) is 0. The third-order valence-corrected chi connectivity index (χ3v) is 10.9. The molecular formula is C51H32N4. The summed E-state index contributed by atoms with van der Waals surface area (Å²) in [5.41, 5.74) is 8.58. The molecule has 4 heteroatoms. The van der Waals surface area contributed by atoms with Gasteiger partial charge in [0.05, 0.1) is 11.0 Å². The summed E-state index contributed by atoms with van der Waals surface area (Å²) < 4.78 is 2.23. The predicted octanol–water partition coefficient (Wildman–Crippen LogP) is 13.1. The quantitative estimate of drug-likeness (QED) is 0.168. The van der Waals surface area contributed by atoms with Crippen molar-refractivity contribution < 1.29 is 0 Å². The average Bonchev–Trinajstić information content (AvgIpc) is 3.61. The fourth-order valence-electron chi connectivity index (χ4n) is 8.29. The normalized spacial score (nSPS) is 11.6. The molecule has 9 aromatic carbocycles. The Balaban J connectivity index is 1.17. The molecule has 0 aliphatic rings. The summed E-state index contributed by atoms with van der Waals surface area (Å²) in [5.74, 6) is 1.82. The van der Waals surface area contributed by atoms with Gasteiger partial charge in [0.15, 0.2) is 11.6 Å². The molecule has 256 valence electrons. The molecule has 11 rings (SSSR count). The molecule has 4 nitrogen and oxygen atoms in total. The Morgan fingerprint density at radius 3 is 1.44 bits per heavy atom. The summed E-state index contributed by atoms with van der Waals surface area (Å²) in [7, 11) is 0. The van der Waals surface area contributed by atoms with Crippen molar-refractivity contribution in [3.05, 3.63) is 194 Å². The Kier molecular flexibility index (Phi) is 7.14. The highest BCUT2D eigenvalue weighted by Crippen LogP contribution is 2.40. The van der Waals surface area contributed by atoms with Crippen LogP contribution in [0.4, 0.5) is 0 Å². The maximum absolute atomic E-state index is 5.35. The first-order valence-corrected chi connectivity index (χ1v) is 18.6. The molecule has 0 saturated heterocycles. The first-order chi connectivity index (χ1) is 27.3. The van der Waals surface area contributed by atoms with Crippen LogP contribution in [0.15, 0.2) is 194 Å². The molecule has 0 amide bonds. The average molecular weight is 701 g/mol. The van der Waals surface area contributed by atoms with Crippen molar-refractivity contribution in [1.82, 2.24) is 19.5 Å². The van der Waals surface area contributed by atoms with Crippen molar-refractivity contribution in [1.29, 1.82) is 0 Å². The zero-order valence-electron chi connectivity index (χ0n) is 29.8. The Bertz CT molecular complexity index is 3200. The van der Waals surface area contributed by atoms with E-state index in [9.17, 15) is 0 Å². The van der Waals surface area contributed by atoms with E-state index in [1.165, 1.54) is 43.4 Å². The number of fused-ring (bicyclic) bond motifs is 9. The minimum Gasteiger partial charge on any atom is -0.277 e. The minimum atomic E-state index is 0.576. The Morgan fingerprint density at radius 1 is 0.291 bits per heavy atom. The zero-order valence-corrected chi connectivity index (χ0v) is 29.8. The third kappa shape index (κ3) is 5.11. The van der Waals surface area contributed by atoms with E-state index >= 15 is 0 Å². The third-order valence-electron chi connectivity index (χ3n) is 10.9. The van der Waals surface area contributed by atoms with E-state index in [1.807, 2.05) is 18.2 Å². The van der Waals surface area contributed by atoms with Crippen LogP contribution in [-0.4, -0.2) is 19.5 Å². The summed E-state index contributed by atoms with van der Waals surface area (Å²) >= 11 is 0. The topological polar surface area (TPSA) is 43.6 Å². The van der Waals surface area contributed by atoms with E-state index in [4.69, 9.17) is 15.0 Å². The number of benzene rings is 9. The van der Waals surface area contributed by atoms with Gasteiger partial charge in [0.25, 0.3) is 0 Å². The summed E-state index contributed by atoms with van der Waals surface area (Å²) in [6.07, 6.45) is 0. The van der Waals surface area contributed by atoms with Crippen molar-refractivity contribution in [2.45, 2.75) is 0 Å². The van der Waals surface area contributed by atoms with Gasteiger partial charge < -0.3 is 0 Å². The second-order valence-corrected chi connectivity index (χ2v) is 14.0. The largest absolute Gasteiger partial charge is 0.277 e. The Hall–Kier alpha value is -7.43. The van der Waals surface area contributed by atoms with Gasteiger partial charge in [0.2, 0.25) is 5.95 Å². The van der Waals surface area contributed by atoms with Gasteiger partial charge in [-0.05, 0) is 61.1 Å². The van der Waals surface area contributed by atoms with Crippen molar-refractivity contribution >= 4 is 54.1 Å². The van der Waals surface area contributed by atoms with Crippen molar-refractivity contribution in [3.63, 3.8) is 0 Å². The fourth-order valence-corrected chi connectivity index (χ4v) is 8.29. The minimum absolute atomic E-state index is 0.576. The van der Waals surface area contributed by atoms with Gasteiger partial charge in [0.1, 0.15) is 0 Å². The summed E-state index contributed by atoms with van der Waals surface area (Å²) in [5, 5.41) is 9.61. The Labute approximate surface area is 317 Å². The molecule has 0 unspecified atom stereocenters. The maximum atomic E-state index is 5.35. The van der Waals surface area contributed by atoms with E-state index in [0.717, 1.165) is 44.1 Å². The molecule has 0 spiro atoms. The van der Waals surface area contributed by atoms with Gasteiger partial charge in [-0.1, -0.05) is 182 Å². The number of aromatic nitrogens is 4. The molecule has 0 atom stereocenters. The van der Waals surface area contributed by atoms with Gasteiger partial charge >= 0.3 is 0 Å². The second-order valence-electron chi connectivity index (χ2n) is 14.0. The van der Waals surface area contributed by atoms with Crippen LogP contribution in [0.5, 0.6) is 0 Å². The number of para-hydroxylation sites is 2. The van der Waals surface area contributed by atoms with E-state index in [2.05, 4.69) is 180 Å². The summed E-state index contributed by atoms with van der Waals surface area (Å²) in [6, 6.07) is 68.6. The van der Waals surface area contributed by atoms with Gasteiger partial charge in [-0.2, -0.15) is 9.97 Å². The molecule has 0 bridgehead atoms. The van der Waals surface area contributed by atoms with E-state index in [-0.39, 0.29) is 0 Å². The van der Waals surface area contributed by atoms with E-state index < -0.39 is 0 Å². The maximum Gasteiger partial charge on any atom is 0.238 e. The molecule has 2 heterocycles. The standard InChI is InChI=1S/C51H32N4/c1-3-14-33(15-4-1)34-26-28-35(29-27-34)38-23-13-24-45-44-22-11-12-25-47(44)55(48(38)45)51-53-49(36-16-5-2-6-17-36)52-50(54-51)37-30-31-43-41-20-8-7-18-39(41)40-19-9-10-21-42(40)46(43)32-37/h1-32H. The summed E-state index contributed by atoms with van der Waals surface area (Å²) in [4.78, 5) is 15.8. The molecule has 0 aliphatic carbocycles. The Morgan fingerprint density at radius 2 is 0.764 bits per heavy atom. The van der Waals surface area contributed by atoms with Gasteiger partial charge in [-0.25, -0.2) is 4.98 Å². The van der Waals surface area contributed by atoms with Gasteiger partial charge in [0, 0.05) is 27.5 Å². The highest BCUT2D eigenvalue weighted by Gasteiger charge is 2.21. The summed E-state index contributed by atoms with van der Waals surface area (Å²) in [6.45, 7) is 0. The highest BCUT2D eigenvalue weighted by molar-refractivity contribution is 6.25. The first-order valence-electron chi connectivity index (χ1n) is 18.6. The van der Waals surface area contributed by atoms with Crippen LogP contribution in [0.1, 0.15) is 0 Å². The van der Waals surface area contributed by atoms with Crippen LogP contribution in [0.25, 0.3) is 105 Å². The lowest BCUT2D eigenvalue weighted by molar-refractivity contribution is 0.954. The molecular weight excluding hydrogens is 669 g/mol. The van der Waals surface area contributed by atoms with Crippen LogP contribution in [0.2, 0.25) is 0 Å². The van der Waals surface area contributed by atoms with Crippen molar-refractivity contribution in [3.8, 4) is 51.0 Å². The molecule has 0 saturated carbocycles. The lowest BCUT2D eigenvalue weighted by Gasteiger charge is -2.14. The molecule has 0 radical (unpaired) electrons. The molecule has 0 N–H and O–H groups in total. The van der Waals surface area contributed by atoms with E-state index in [0.29, 0.717) is 17.6 Å². The van der Waals surface area contributed by atoms with Crippen LogP contribution in [0.3, 0.4) is 0 Å². The van der Waals surface area contributed by atoms with E-state index in [1.54, 1.807) is 0 Å². The SMILES string of the molecule is c1ccc(-c2ccc(-c3cccc4c5ccccc5n(-c5nc(-c6ccccc6)nc(-c6ccc7c8ccccc8c8ccccc8c7c6)n5)c34)cc2)cc1. The van der Waals surface area contributed by atoms with Crippen LogP contribution in [0, 0.1) is 0 Å². The van der Waals surface area contributed by atoms with Gasteiger partial charge in [-0.15, -0.1) is 0 Å². The molecule has 11 aromatic rings.